The van der Waals surface area contributed by atoms with Crippen molar-refractivity contribution in [3.05, 3.63) is 20.8 Å². The predicted molar refractivity (Wildman–Crippen MR) is 69.7 cm³/mol. The Hall–Kier alpha value is 0.1000. The molecule has 16 heavy (non-hydrogen) atoms. The maximum atomic E-state index is 10.8. The Morgan fingerprint density at radius 1 is 1.50 bits per heavy atom. The fraction of sp³-hybridized carbons (Fsp3) is 0.667. The quantitative estimate of drug-likeness (QED) is 0.908. The third kappa shape index (κ3) is 1.76. The third-order valence-corrected chi connectivity index (χ3v) is 5.48. The van der Waals surface area contributed by atoms with E-state index >= 15 is 0 Å². The molecule has 1 saturated heterocycles. The molecule has 1 aromatic rings. The van der Waals surface area contributed by atoms with Crippen LogP contribution in [0.3, 0.4) is 0 Å². The first-order valence-electron chi connectivity index (χ1n) is 5.80. The van der Waals surface area contributed by atoms with Crippen LogP contribution < -0.4 is 0 Å². The standard InChI is InChI=1S/C12H16BrNOS/c1-8-4-12(15,7-14(8)9-2-3-9)10-5-16-6-11(10)13/h5-6,8-9,15H,2-4,7H2,1H3. The van der Waals surface area contributed by atoms with E-state index in [2.05, 4.69) is 38.5 Å². The number of likely N-dealkylation sites (tertiary alicyclic amines) is 1. The van der Waals surface area contributed by atoms with E-state index in [4.69, 9.17) is 0 Å². The Balaban J connectivity index is 1.87. The molecule has 2 fully saturated rings. The lowest BCUT2D eigenvalue weighted by atomic mass is 9.94. The Morgan fingerprint density at radius 2 is 2.25 bits per heavy atom. The number of rotatable bonds is 2. The van der Waals surface area contributed by atoms with Crippen molar-refractivity contribution in [1.29, 1.82) is 0 Å². The molecule has 0 aromatic carbocycles. The minimum Gasteiger partial charge on any atom is -0.384 e. The summed E-state index contributed by atoms with van der Waals surface area (Å²) >= 11 is 5.19. The van der Waals surface area contributed by atoms with Gasteiger partial charge >= 0.3 is 0 Å². The minimum atomic E-state index is -0.638. The predicted octanol–water partition coefficient (Wildman–Crippen LogP) is 2.95. The molecule has 88 valence electrons. The van der Waals surface area contributed by atoms with Crippen LogP contribution in [-0.4, -0.2) is 28.6 Å². The van der Waals surface area contributed by atoms with Gasteiger partial charge in [-0.05, 0) is 47.5 Å². The molecule has 0 bridgehead atoms. The highest BCUT2D eigenvalue weighted by molar-refractivity contribution is 9.10. The van der Waals surface area contributed by atoms with E-state index in [0.717, 1.165) is 29.0 Å². The second kappa shape index (κ2) is 3.80. The first-order valence-corrected chi connectivity index (χ1v) is 7.54. The third-order valence-electron chi connectivity index (χ3n) is 3.78. The maximum absolute atomic E-state index is 10.8. The van der Waals surface area contributed by atoms with Crippen LogP contribution in [0.5, 0.6) is 0 Å². The summed E-state index contributed by atoms with van der Waals surface area (Å²) in [5.41, 5.74) is 0.438. The Morgan fingerprint density at radius 3 is 2.81 bits per heavy atom. The zero-order chi connectivity index (χ0) is 11.3. The summed E-state index contributed by atoms with van der Waals surface area (Å²) in [6, 6.07) is 1.24. The van der Waals surface area contributed by atoms with Crippen LogP contribution in [0.1, 0.15) is 31.7 Å². The van der Waals surface area contributed by atoms with Gasteiger partial charge in [0, 0.05) is 34.0 Å². The second-order valence-corrected chi connectivity index (χ2v) is 6.72. The van der Waals surface area contributed by atoms with Crippen molar-refractivity contribution in [2.75, 3.05) is 6.54 Å². The number of halogens is 1. The van der Waals surface area contributed by atoms with Crippen molar-refractivity contribution < 1.29 is 5.11 Å². The number of aliphatic hydroxyl groups is 1. The van der Waals surface area contributed by atoms with E-state index in [1.165, 1.54) is 12.8 Å². The molecule has 1 saturated carbocycles. The first kappa shape index (κ1) is 11.2. The molecule has 0 spiro atoms. The van der Waals surface area contributed by atoms with Crippen molar-refractivity contribution >= 4 is 27.3 Å². The molecule has 0 radical (unpaired) electrons. The summed E-state index contributed by atoms with van der Waals surface area (Å²) in [6.45, 7) is 3.03. The minimum absolute atomic E-state index is 0.504. The van der Waals surface area contributed by atoms with Gasteiger partial charge in [-0.15, -0.1) is 0 Å². The summed E-state index contributed by atoms with van der Waals surface area (Å²) in [5.74, 6) is 0. The summed E-state index contributed by atoms with van der Waals surface area (Å²) in [4.78, 5) is 2.48. The monoisotopic (exact) mass is 301 g/mol. The zero-order valence-corrected chi connectivity index (χ0v) is 11.7. The molecule has 2 atom stereocenters. The lowest BCUT2D eigenvalue weighted by Gasteiger charge is -2.23. The Kier molecular flexibility index (Phi) is 2.66. The fourth-order valence-corrected chi connectivity index (χ4v) is 4.59. The average molecular weight is 302 g/mol. The SMILES string of the molecule is CC1CC(O)(c2cscc2Br)CN1C1CC1. The highest BCUT2D eigenvalue weighted by Gasteiger charge is 2.47. The normalized spacial score (nSPS) is 35.8. The number of β-amino-alcohol motifs (C(OH)–C–C–N with tert-alkyl or cyclic N) is 1. The van der Waals surface area contributed by atoms with E-state index < -0.39 is 5.60 Å². The van der Waals surface area contributed by atoms with Gasteiger partial charge in [-0.2, -0.15) is 11.3 Å². The van der Waals surface area contributed by atoms with Gasteiger partial charge in [0.2, 0.25) is 0 Å². The fourth-order valence-electron chi connectivity index (χ4n) is 2.83. The number of hydrogen-bond acceptors (Lipinski definition) is 3. The van der Waals surface area contributed by atoms with E-state index in [9.17, 15) is 5.11 Å². The molecule has 2 aliphatic rings. The molecule has 1 aliphatic carbocycles. The van der Waals surface area contributed by atoms with E-state index in [1.54, 1.807) is 11.3 Å². The van der Waals surface area contributed by atoms with Gasteiger partial charge in [0.15, 0.2) is 0 Å². The van der Waals surface area contributed by atoms with E-state index in [-0.39, 0.29) is 0 Å². The van der Waals surface area contributed by atoms with Gasteiger partial charge in [-0.3, -0.25) is 4.90 Å². The molecule has 2 unspecified atom stereocenters. The van der Waals surface area contributed by atoms with E-state index in [0.29, 0.717) is 6.04 Å². The van der Waals surface area contributed by atoms with Crippen LogP contribution in [0.25, 0.3) is 0 Å². The summed E-state index contributed by atoms with van der Waals surface area (Å²) in [5, 5.41) is 14.9. The van der Waals surface area contributed by atoms with Gasteiger partial charge < -0.3 is 5.11 Å². The molecular formula is C12H16BrNOS. The molecule has 0 amide bonds. The molecule has 1 aromatic heterocycles. The van der Waals surface area contributed by atoms with Crippen molar-refractivity contribution in [3.8, 4) is 0 Å². The van der Waals surface area contributed by atoms with Gasteiger partial charge in [0.1, 0.15) is 5.60 Å². The number of thiophene rings is 1. The van der Waals surface area contributed by atoms with Crippen LogP contribution >= 0.6 is 27.3 Å². The summed E-state index contributed by atoms with van der Waals surface area (Å²) < 4.78 is 1.06. The van der Waals surface area contributed by atoms with Crippen LogP contribution in [0.4, 0.5) is 0 Å². The Bertz CT molecular complexity index is 403. The average Bonchev–Trinajstić information content (AvgIpc) is 2.89. The summed E-state index contributed by atoms with van der Waals surface area (Å²) in [7, 11) is 0. The van der Waals surface area contributed by atoms with Crippen molar-refractivity contribution in [2.24, 2.45) is 0 Å². The molecule has 4 heteroatoms. The lowest BCUT2D eigenvalue weighted by molar-refractivity contribution is 0.0449. The molecule has 2 nitrogen and oxygen atoms in total. The van der Waals surface area contributed by atoms with Crippen LogP contribution in [0.15, 0.2) is 15.2 Å². The summed E-state index contributed by atoms with van der Waals surface area (Å²) in [6.07, 6.45) is 3.48. The lowest BCUT2D eigenvalue weighted by Crippen LogP contribution is -2.33. The largest absolute Gasteiger partial charge is 0.384 e. The topological polar surface area (TPSA) is 23.5 Å². The number of hydrogen-bond donors (Lipinski definition) is 1. The molecule has 1 N–H and O–H groups in total. The maximum Gasteiger partial charge on any atom is 0.106 e. The molecular weight excluding hydrogens is 286 g/mol. The van der Waals surface area contributed by atoms with Crippen LogP contribution in [0, 0.1) is 0 Å². The molecule has 2 heterocycles. The highest BCUT2D eigenvalue weighted by Crippen LogP contribution is 2.44. The highest BCUT2D eigenvalue weighted by atomic mass is 79.9. The second-order valence-electron chi connectivity index (χ2n) is 5.12. The number of nitrogens with zero attached hydrogens (tertiary/aromatic N) is 1. The van der Waals surface area contributed by atoms with Gasteiger partial charge in [0.25, 0.3) is 0 Å². The zero-order valence-electron chi connectivity index (χ0n) is 9.32. The smallest absolute Gasteiger partial charge is 0.106 e. The Labute approximate surface area is 108 Å². The van der Waals surface area contributed by atoms with Crippen molar-refractivity contribution in [3.63, 3.8) is 0 Å². The molecule has 1 aliphatic heterocycles. The van der Waals surface area contributed by atoms with Gasteiger partial charge in [-0.25, -0.2) is 0 Å². The van der Waals surface area contributed by atoms with Gasteiger partial charge in [-0.1, -0.05) is 0 Å². The molecule has 3 rings (SSSR count). The first-order chi connectivity index (χ1) is 7.60. The van der Waals surface area contributed by atoms with E-state index in [1.807, 2.05) is 0 Å². The van der Waals surface area contributed by atoms with Gasteiger partial charge in [0.05, 0.1) is 0 Å². The van der Waals surface area contributed by atoms with Crippen LogP contribution in [0.2, 0.25) is 0 Å². The van der Waals surface area contributed by atoms with Crippen LogP contribution in [-0.2, 0) is 5.60 Å². The van der Waals surface area contributed by atoms with Crippen molar-refractivity contribution in [1.82, 2.24) is 4.90 Å². The van der Waals surface area contributed by atoms with Crippen molar-refractivity contribution in [2.45, 2.75) is 43.9 Å².